The third-order valence-corrected chi connectivity index (χ3v) is 19.8. The highest BCUT2D eigenvalue weighted by atomic mass is 79.9. The van der Waals surface area contributed by atoms with Gasteiger partial charge in [-0.3, -0.25) is 46.8 Å². The maximum atomic E-state index is 13.3. The van der Waals surface area contributed by atoms with Crippen LogP contribution in [0.2, 0.25) is 0 Å². The predicted molar refractivity (Wildman–Crippen MR) is 479 cm³/mol. The molecule has 16 rings (SSSR count). The lowest BCUT2D eigenvalue weighted by molar-refractivity contribution is 0.0701. The lowest BCUT2D eigenvalue weighted by Crippen LogP contribution is -2.35. The molecule has 1 saturated heterocycles. The number of methoxy groups -OCH3 is 1. The largest absolute Gasteiger partial charge is 0.497 e. The molecule has 0 saturated carbocycles. The van der Waals surface area contributed by atoms with Crippen LogP contribution in [0.15, 0.2) is 317 Å². The number of anilines is 3. The molecule has 0 unspecified atom stereocenters. The van der Waals surface area contributed by atoms with Gasteiger partial charge < -0.3 is 35.6 Å². The van der Waals surface area contributed by atoms with Crippen LogP contribution >= 0.6 is 31.9 Å². The number of ketones is 5. The van der Waals surface area contributed by atoms with Crippen molar-refractivity contribution in [3.8, 4) is 34.2 Å². The number of ether oxygens (including phenoxy) is 2. The van der Waals surface area contributed by atoms with Crippen molar-refractivity contribution in [1.29, 1.82) is 0 Å². The molecule has 0 bridgehead atoms. The smallest absolute Gasteiger partial charge is 0.213 e. The Hall–Kier alpha value is -14.3. The predicted octanol–water partition coefficient (Wildman–Crippen LogP) is 17.4. The van der Waals surface area contributed by atoms with Crippen LogP contribution in [0.3, 0.4) is 0 Å². The number of aliphatic imine (C=N–C) groups is 2. The van der Waals surface area contributed by atoms with Gasteiger partial charge in [0.05, 0.1) is 33.0 Å². The van der Waals surface area contributed by atoms with Crippen LogP contribution in [-0.2, 0) is 4.74 Å². The Labute approximate surface area is 712 Å². The number of rotatable bonds is 21. The summed E-state index contributed by atoms with van der Waals surface area (Å²) in [5, 5.41) is 0. The van der Waals surface area contributed by atoms with Crippen molar-refractivity contribution in [1.82, 2.24) is 57.6 Å². The molecule has 0 amide bonds. The molecule has 26 heteroatoms. The number of imidazole rings is 5. The van der Waals surface area contributed by atoms with E-state index in [-0.39, 0.29) is 40.6 Å². The van der Waals surface area contributed by atoms with Crippen molar-refractivity contribution in [3.63, 3.8) is 0 Å². The number of nitrogens with two attached hydrogens (primary N) is 2. The molecule has 1 fully saturated rings. The summed E-state index contributed by atoms with van der Waals surface area (Å²) in [7, 11) is 9.14. The summed E-state index contributed by atoms with van der Waals surface area (Å²) in [5.74, 6) is 2.82. The zero-order valence-corrected chi connectivity index (χ0v) is 70.4. The van der Waals surface area contributed by atoms with Crippen LogP contribution in [-0.4, -0.2) is 161 Å². The number of hydrogen-bond acceptors (Lipinski definition) is 17. The van der Waals surface area contributed by atoms with E-state index in [0.717, 1.165) is 61.8 Å². The van der Waals surface area contributed by atoms with Crippen LogP contribution in [0.25, 0.3) is 28.4 Å². The van der Waals surface area contributed by atoms with Gasteiger partial charge in [0.2, 0.25) is 28.9 Å². The SMILES string of the molecule is CN(C)C=Nc1ncn(-c2ccc(Br)cc2)c1C(=O)c1ccccc1.COc1ccc(-n2cnc(N=CN3CCOCC3)c2C(=O)c2ccccc2)cc1.Cc1ccc(-n2c(C)nc(N)c2C(=O)c2ccccc2)cc1.Cc1ccc(-n2cnc(N(C)C)c2C(=O)c2ccccc2)cc1.Nc1ncn(-c2ccc(Br)cc2)c1C(=O)c1ccccc1. The number of hydrogen-bond donors (Lipinski definition) is 2. The zero-order valence-electron chi connectivity index (χ0n) is 67.2. The molecule has 5 aromatic heterocycles. The number of morpholine rings is 1. The van der Waals surface area contributed by atoms with Crippen molar-refractivity contribution in [2.75, 3.05) is 78.0 Å². The first kappa shape index (κ1) is 85.0. The van der Waals surface area contributed by atoms with E-state index in [1.54, 1.807) is 112 Å². The minimum absolute atomic E-state index is 0.0348. The molecule has 24 nitrogen and oxygen atoms in total. The van der Waals surface area contributed by atoms with E-state index in [9.17, 15) is 24.0 Å². The van der Waals surface area contributed by atoms with Gasteiger partial charge in [0, 0.05) is 106 Å². The fourth-order valence-electron chi connectivity index (χ4n) is 12.6. The summed E-state index contributed by atoms with van der Waals surface area (Å²) in [6.45, 7) is 8.78. The topological polar surface area (TPSA) is 279 Å². The fourth-order valence-corrected chi connectivity index (χ4v) is 13.1. The van der Waals surface area contributed by atoms with Gasteiger partial charge in [-0.15, -0.1) is 0 Å². The van der Waals surface area contributed by atoms with E-state index in [1.165, 1.54) is 5.56 Å². The third kappa shape index (κ3) is 21.1. The number of aryl methyl sites for hydroxylation is 3. The number of nitrogen functional groups attached to an aromatic ring is 2. The molecule has 1 aliphatic rings. The Balaban J connectivity index is 0.000000138. The second-order valence-electron chi connectivity index (χ2n) is 27.7. The molecule has 0 aliphatic carbocycles. The van der Waals surface area contributed by atoms with Crippen molar-refractivity contribution in [2.45, 2.75) is 20.8 Å². The first-order valence-electron chi connectivity index (χ1n) is 38.1. The number of halogens is 2. The van der Waals surface area contributed by atoms with Crippen molar-refractivity contribution in [3.05, 3.63) is 380 Å². The summed E-state index contributed by atoms with van der Waals surface area (Å²) < 4.78 is 21.4. The Kier molecular flexibility index (Phi) is 28.7. The molecule has 4 N–H and O–H groups in total. The number of carbonyl (C=O) groups excluding carboxylic acids is 5. The lowest BCUT2D eigenvalue weighted by Gasteiger charge is -2.23. The number of nitrogens with zero attached hydrogens (tertiary/aromatic N) is 15. The molecule has 0 spiro atoms. The van der Waals surface area contributed by atoms with Crippen molar-refractivity contribution in [2.24, 2.45) is 9.98 Å². The van der Waals surface area contributed by atoms with Gasteiger partial charge in [-0.2, -0.15) is 0 Å². The molecular weight excluding hydrogens is 1640 g/mol. The number of aromatic nitrogens is 10. The number of benzene rings is 10. The summed E-state index contributed by atoms with van der Waals surface area (Å²) in [6, 6.07) is 84.5. The Morgan fingerprint density at radius 2 is 0.750 bits per heavy atom. The Bertz CT molecular complexity index is 6030. The van der Waals surface area contributed by atoms with E-state index < -0.39 is 0 Å². The van der Waals surface area contributed by atoms with Crippen LogP contribution in [0.4, 0.5) is 29.1 Å². The Morgan fingerprint density at radius 3 is 1.16 bits per heavy atom. The molecule has 0 atom stereocenters. The van der Waals surface area contributed by atoms with Gasteiger partial charge in [0.25, 0.3) is 0 Å². The average Bonchev–Trinajstić information content (AvgIpc) is 1.66. The van der Waals surface area contributed by atoms with Gasteiger partial charge in [-0.05, 0) is 118 Å². The molecule has 10 aromatic carbocycles. The van der Waals surface area contributed by atoms with Gasteiger partial charge in [0.15, 0.2) is 29.1 Å². The van der Waals surface area contributed by atoms with Crippen LogP contribution in [0, 0.1) is 20.8 Å². The molecule has 0 radical (unpaired) electrons. The lowest BCUT2D eigenvalue weighted by atomic mass is 10.1. The van der Waals surface area contributed by atoms with E-state index in [0.29, 0.717) is 92.8 Å². The fraction of sp³-hybridized carbons (Fsp3) is 0.128. The normalized spacial score (nSPS) is 11.6. The van der Waals surface area contributed by atoms with Crippen molar-refractivity contribution < 1.29 is 33.4 Å². The molecular formula is C94H87Br2N17O7. The van der Waals surface area contributed by atoms with E-state index in [2.05, 4.69) is 71.7 Å². The maximum absolute atomic E-state index is 13.3. The van der Waals surface area contributed by atoms with Crippen LogP contribution < -0.4 is 21.1 Å². The summed E-state index contributed by atoms with van der Waals surface area (Å²) in [6.07, 6.45) is 9.90. The minimum Gasteiger partial charge on any atom is -0.497 e. The first-order valence-corrected chi connectivity index (χ1v) is 39.7. The van der Waals surface area contributed by atoms with Crippen molar-refractivity contribution >= 4 is 103 Å². The van der Waals surface area contributed by atoms with Crippen LogP contribution in [0.5, 0.6) is 5.75 Å². The van der Waals surface area contributed by atoms with E-state index in [4.69, 9.17) is 20.9 Å². The molecule has 604 valence electrons. The maximum Gasteiger partial charge on any atom is 0.213 e. The Morgan fingerprint density at radius 1 is 0.408 bits per heavy atom. The average molecular weight is 1730 g/mol. The highest BCUT2D eigenvalue weighted by Gasteiger charge is 2.27. The molecule has 120 heavy (non-hydrogen) atoms. The monoisotopic (exact) mass is 1720 g/mol. The van der Waals surface area contributed by atoms with Gasteiger partial charge >= 0.3 is 0 Å². The molecule has 15 aromatic rings. The summed E-state index contributed by atoms with van der Waals surface area (Å²) >= 11 is 6.82. The van der Waals surface area contributed by atoms with E-state index in [1.807, 2.05) is 287 Å². The minimum atomic E-state index is -0.145. The highest BCUT2D eigenvalue weighted by Crippen LogP contribution is 2.31. The standard InChI is InChI=1S/C22H22N4O3.C19H17BrN4O.C19H19N3O.C18H17N3O.C16H12BrN3O/c1-28-19-9-7-18(8-10-19)26-16-24-22(23-15-25-11-13-29-14-12-25)20(26)21(27)17-5-3-2-4-6-17;1-23(2)12-21-19-17(18(25)14-6-4-3-5-7-14)24(13-22-19)16-10-8-15(20)9-11-16;1-14-9-11-16(12-10-14)22-13-20-19(21(2)3)17(22)18(23)15-7-5-4-6-8-15;1-12-8-10-15(11-9-12)21-13(2)20-18(19)16(21)17(22)14-6-4-3-5-7-14;17-12-6-8-13(9-7-12)20-10-19-16(18)14(20)15(21)11-4-2-1-3-5-11/h2-10,15-16H,11-14H2,1H3;3-13H,1-2H3;4-13H,1-3H3;3-11H,19H2,1-2H3;1-10H,18H2. The summed E-state index contributed by atoms with van der Waals surface area (Å²) in [4.78, 5) is 101. The second-order valence-corrected chi connectivity index (χ2v) is 29.6. The zero-order chi connectivity index (χ0) is 84.8. The first-order chi connectivity index (χ1) is 58.1. The molecule has 1 aliphatic heterocycles. The molecule has 6 heterocycles. The number of carbonyl (C=O) groups is 5. The summed E-state index contributed by atoms with van der Waals surface area (Å²) in [5.41, 5.74) is 23.8. The third-order valence-electron chi connectivity index (χ3n) is 18.8. The van der Waals surface area contributed by atoms with E-state index >= 15 is 0 Å². The highest BCUT2D eigenvalue weighted by molar-refractivity contribution is 9.10. The second kappa shape index (κ2) is 40.5. The quantitative estimate of drug-likeness (QED) is 0.0384. The van der Waals surface area contributed by atoms with Crippen LogP contribution in [0.1, 0.15) is 97.2 Å². The van der Waals surface area contributed by atoms with Gasteiger partial charge in [-0.1, -0.05) is 219 Å². The van der Waals surface area contributed by atoms with Gasteiger partial charge in [-0.25, -0.2) is 34.9 Å². The van der Waals surface area contributed by atoms with Gasteiger partial charge in [0.1, 0.15) is 65.4 Å².